The van der Waals surface area contributed by atoms with Crippen LogP contribution in [0.15, 0.2) is 24.3 Å². The van der Waals surface area contributed by atoms with Gasteiger partial charge in [-0.25, -0.2) is 9.59 Å². The molecule has 0 radical (unpaired) electrons. The first-order chi connectivity index (χ1) is 14.1. The van der Waals surface area contributed by atoms with E-state index < -0.39 is 5.60 Å². The molecule has 1 saturated heterocycles. The Morgan fingerprint density at radius 3 is 2.60 bits per heavy atom. The Morgan fingerprint density at radius 1 is 1.23 bits per heavy atom. The monoisotopic (exact) mass is 418 g/mol. The zero-order chi connectivity index (χ0) is 22.3. The summed E-state index contributed by atoms with van der Waals surface area (Å²) < 4.78 is 5.41. The number of carbonyl (C=O) groups excluding carboxylic acids is 3. The van der Waals surface area contributed by atoms with Crippen LogP contribution in [0.5, 0.6) is 0 Å². The number of para-hydroxylation sites is 1. The topological polar surface area (TPSA) is 91.0 Å². The summed E-state index contributed by atoms with van der Waals surface area (Å²) in [5.74, 6) is 0.0723. The van der Waals surface area contributed by atoms with Crippen LogP contribution < -0.4 is 10.6 Å². The van der Waals surface area contributed by atoms with Gasteiger partial charge in [0, 0.05) is 39.4 Å². The third-order valence-electron chi connectivity index (χ3n) is 4.93. The predicted molar refractivity (Wildman–Crippen MR) is 116 cm³/mol. The Labute approximate surface area is 178 Å². The van der Waals surface area contributed by atoms with Gasteiger partial charge in [-0.3, -0.25) is 4.79 Å². The number of hydrogen-bond acceptors (Lipinski definition) is 4. The van der Waals surface area contributed by atoms with Crippen molar-refractivity contribution < 1.29 is 19.1 Å². The van der Waals surface area contributed by atoms with E-state index in [0.717, 1.165) is 18.4 Å². The Morgan fingerprint density at radius 2 is 1.93 bits per heavy atom. The van der Waals surface area contributed by atoms with Crippen molar-refractivity contribution in [1.82, 2.24) is 15.1 Å². The number of ether oxygens (including phenoxy) is 1. The zero-order valence-electron chi connectivity index (χ0n) is 18.7. The maximum absolute atomic E-state index is 12.8. The summed E-state index contributed by atoms with van der Waals surface area (Å²) in [6, 6.07) is 7.12. The van der Waals surface area contributed by atoms with E-state index in [2.05, 4.69) is 10.6 Å². The summed E-state index contributed by atoms with van der Waals surface area (Å²) in [6.07, 6.45) is 1.67. The Hall–Kier alpha value is -2.77. The molecule has 30 heavy (non-hydrogen) atoms. The van der Waals surface area contributed by atoms with Crippen molar-refractivity contribution in [3.05, 3.63) is 29.8 Å². The molecule has 1 unspecified atom stereocenters. The summed E-state index contributed by atoms with van der Waals surface area (Å²) in [6.45, 7) is 7.28. The lowest BCUT2D eigenvalue weighted by Crippen LogP contribution is -2.46. The molecule has 0 saturated carbocycles. The molecule has 1 atom stereocenters. The van der Waals surface area contributed by atoms with E-state index in [1.165, 1.54) is 0 Å². The maximum atomic E-state index is 12.8. The van der Waals surface area contributed by atoms with Gasteiger partial charge < -0.3 is 25.2 Å². The number of nitrogens with one attached hydrogen (secondary N) is 2. The number of amides is 4. The second-order valence-electron chi connectivity index (χ2n) is 8.75. The Balaban J connectivity index is 1.95. The number of carbonyl (C=O) groups is 3. The summed E-state index contributed by atoms with van der Waals surface area (Å²) in [5.41, 5.74) is 0.869. The number of benzene rings is 1. The summed E-state index contributed by atoms with van der Waals surface area (Å²) >= 11 is 0. The van der Waals surface area contributed by atoms with E-state index in [0.29, 0.717) is 25.3 Å². The summed E-state index contributed by atoms with van der Waals surface area (Å²) in [7, 11) is 3.31. The number of nitrogens with zero attached hydrogens (tertiary/aromatic N) is 2. The molecule has 1 aliphatic rings. The Bertz CT molecular complexity index is 760. The van der Waals surface area contributed by atoms with Crippen LogP contribution in [0.4, 0.5) is 15.3 Å². The average Bonchev–Trinajstić information content (AvgIpc) is 2.68. The van der Waals surface area contributed by atoms with E-state index in [9.17, 15) is 14.4 Å². The van der Waals surface area contributed by atoms with Crippen molar-refractivity contribution in [2.75, 3.05) is 39.0 Å². The number of rotatable bonds is 5. The van der Waals surface area contributed by atoms with Gasteiger partial charge in [-0.1, -0.05) is 18.2 Å². The SMILES string of the molecule is CNC(=O)Cc1ccccc1NC(=O)N1CCCC(CN(C)C(=O)OC(C)(C)C)C1. The second-order valence-corrected chi connectivity index (χ2v) is 8.75. The van der Waals surface area contributed by atoms with E-state index in [4.69, 9.17) is 4.74 Å². The average molecular weight is 419 g/mol. The van der Waals surface area contributed by atoms with Crippen LogP contribution >= 0.6 is 0 Å². The van der Waals surface area contributed by atoms with Gasteiger partial charge in [-0.05, 0) is 51.2 Å². The Kier molecular flexibility index (Phi) is 8.08. The number of likely N-dealkylation sites (N-methyl/N-ethyl adjacent to an activating group) is 1. The molecule has 166 valence electrons. The third kappa shape index (κ3) is 7.24. The van der Waals surface area contributed by atoms with E-state index >= 15 is 0 Å². The summed E-state index contributed by atoms with van der Waals surface area (Å²) in [4.78, 5) is 40.1. The number of urea groups is 1. The highest BCUT2D eigenvalue weighted by Gasteiger charge is 2.27. The molecule has 1 aromatic rings. The van der Waals surface area contributed by atoms with Crippen molar-refractivity contribution in [2.45, 2.75) is 45.6 Å². The lowest BCUT2D eigenvalue weighted by Gasteiger charge is -2.35. The smallest absolute Gasteiger partial charge is 0.410 e. The molecular weight excluding hydrogens is 384 g/mol. The molecular formula is C22H34N4O4. The fraction of sp³-hybridized carbons (Fsp3) is 0.591. The van der Waals surface area contributed by atoms with Crippen molar-refractivity contribution in [2.24, 2.45) is 5.92 Å². The lowest BCUT2D eigenvalue weighted by molar-refractivity contribution is -0.119. The van der Waals surface area contributed by atoms with E-state index in [-0.39, 0.29) is 30.4 Å². The summed E-state index contributed by atoms with van der Waals surface area (Å²) in [5, 5.41) is 5.54. The van der Waals surface area contributed by atoms with Crippen LogP contribution in [0.1, 0.15) is 39.2 Å². The van der Waals surface area contributed by atoms with Gasteiger partial charge in [0.2, 0.25) is 5.91 Å². The quantitative estimate of drug-likeness (QED) is 0.769. The first-order valence-electron chi connectivity index (χ1n) is 10.4. The standard InChI is InChI=1S/C22H34N4O4/c1-22(2,3)30-21(29)25(5)14-16-9-8-12-26(15-16)20(28)24-18-11-7-6-10-17(18)13-19(27)23-4/h6-7,10-11,16H,8-9,12-15H2,1-5H3,(H,23,27)(H,24,28). The predicted octanol–water partition coefficient (Wildman–Crippen LogP) is 3.09. The first kappa shape index (κ1) is 23.5. The molecule has 0 spiro atoms. The van der Waals surface area contributed by atoms with Gasteiger partial charge in [0.1, 0.15) is 5.60 Å². The minimum absolute atomic E-state index is 0.111. The fourth-order valence-electron chi connectivity index (χ4n) is 3.45. The normalized spacial score (nSPS) is 16.6. The fourth-order valence-corrected chi connectivity index (χ4v) is 3.45. The molecule has 1 aromatic carbocycles. The molecule has 1 fully saturated rings. The largest absolute Gasteiger partial charge is 0.444 e. The van der Waals surface area contributed by atoms with Crippen LogP contribution in [0.25, 0.3) is 0 Å². The van der Waals surface area contributed by atoms with Crippen molar-refractivity contribution in [1.29, 1.82) is 0 Å². The second kappa shape index (κ2) is 10.3. The number of likely N-dealkylation sites (tertiary alicyclic amines) is 1. The molecule has 2 rings (SSSR count). The minimum Gasteiger partial charge on any atom is -0.444 e. The minimum atomic E-state index is -0.536. The van der Waals surface area contributed by atoms with Crippen molar-refractivity contribution >= 4 is 23.7 Å². The van der Waals surface area contributed by atoms with Gasteiger partial charge in [0.15, 0.2) is 0 Å². The van der Waals surface area contributed by atoms with Crippen LogP contribution in [0.3, 0.4) is 0 Å². The molecule has 2 N–H and O–H groups in total. The van der Waals surface area contributed by atoms with Gasteiger partial charge in [0.25, 0.3) is 0 Å². The zero-order valence-corrected chi connectivity index (χ0v) is 18.7. The molecule has 8 heteroatoms. The highest BCUT2D eigenvalue weighted by Crippen LogP contribution is 2.21. The van der Waals surface area contributed by atoms with Gasteiger partial charge in [-0.2, -0.15) is 0 Å². The molecule has 8 nitrogen and oxygen atoms in total. The van der Waals surface area contributed by atoms with Gasteiger partial charge in [-0.15, -0.1) is 0 Å². The van der Waals surface area contributed by atoms with Gasteiger partial charge in [0.05, 0.1) is 6.42 Å². The van der Waals surface area contributed by atoms with Crippen LogP contribution in [-0.2, 0) is 16.0 Å². The molecule has 1 heterocycles. The number of piperidine rings is 1. The van der Waals surface area contributed by atoms with Crippen LogP contribution in [-0.4, -0.2) is 67.2 Å². The van der Waals surface area contributed by atoms with Crippen LogP contribution in [0.2, 0.25) is 0 Å². The molecule has 0 bridgehead atoms. The molecule has 0 aliphatic carbocycles. The molecule has 4 amide bonds. The molecule has 1 aliphatic heterocycles. The van der Waals surface area contributed by atoms with E-state index in [1.54, 1.807) is 30.0 Å². The highest BCUT2D eigenvalue weighted by atomic mass is 16.6. The molecule has 0 aromatic heterocycles. The van der Waals surface area contributed by atoms with Gasteiger partial charge >= 0.3 is 12.1 Å². The van der Waals surface area contributed by atoms with E-state index in [1.807, 2.05) is 39.0 Å². The van der Waals surface area contributed by atoms with Crippen molar-refractivity contribution in [3.8, 4) is 0 Å². The lowest BCUT2D eigenvalue weighted by atomic mass is 9.98. The van der Waals surface area contributed by atoms with Crippen molar-refractivity contribution in [3.63, 3.8) is 0 Å². The van der Waals surface area contributed by atoms with Crippen LogP contribution in [0, 0.1) is 5.92 Å². The maximum Gasteiger partial charge on any atom is 0.410 e. The third-order valence-corrected chi connectivity index (χ3v) is 4.93. The first-order valence-corrected chi connectivity index (χ1v) is 10.4. The highest BCUT2D eigenvalue weighted by molar-refractivity contribution is 5.91. The number of anilines is 1. The number of hydrogen-bond donors (Lipinski definition) is 2.